The highest BCUT2D eigenvalue weighted by molar-refractivity contribution is 6.30. The van der Waals surface area contributed by atoms with E-state index in [2.05, 4.69) is 10.4 Å². The number of benzene rings is 1. The van der Waals surface area contributed by atoms with Gasteiger partial charge in [-0.1, -0.05) is 11.6 Å². The van der Waals surface area contributed by atoms with Crippen LogP contribution in [0, 0.1) is 0 Å². The molecule has 1 unspecified atom stereocenters. The van der Waals surface area contributed by atoms with E-state index in [4.69, 9.17) is 16.0 Å². The van der Waals surface area contributed by atoms with Crippen LogP contribution in [0.2, 0.25) is 5.02 Å². The van der Waals surface area contributed by atoms with Gasteiger partial charge in [-0.05, 0) is 49.7 Å². The number of rotatable bonds is 3. The molecular weight excluding hydrogens is 380 g/mol. The molecule has 0 spiro atoms. The number of carbonyl (C=O) groups excluding carboxylic acids is 2. The van der Waals surface area contributed by atoms with Gasteiger partial charge >= 0.3 is 0 Å². The molecule has 1 aliphatic rings. The summed E-state index contributed by atoms with van der Waals surface area (Å²) in [5.41, 5.74) is 1.64. The van der Waals surface area contributed by atoms with Gasteiger partial charge in [0.25, 0.3) is 5.91 Å². The zero-order valence-electron chi connectivity index (χ0n) is 15.3. The summed E-state index contributed by atoms with van der Waals surface area (Å²) in [5.74, 6) is 0.141. The summed E-state index contributed by atoms with van der Waals surface area (Å²) in [6.45, 7) is 2.77. The van der Waals surface area contributed by atoms with Gasteiger partial charge in [0, 0.05) is 24.2 Å². The largest absolute Gasteiger partial charge is 0.463 e. The Morgan fingerprint density at radius 1 is 1.29 bits per heavy atom. The van der Waals surface area contributed by atoms with Crippen LogP contribution in [0.15, 0.2) is 53.1 Å². The molecule has 8 heteroatoms. The van der Waals surface area contributed by atoms with Crippen LogP contribution in [0.5, 0.6) is 0 Å². The van der Waals surface area contributed by atoms with Gasteiger partial charge in [-0.25, -0.2) is 4.68 Å². The second kappa shape index (κ2) is 7.52. The minimum atomic E-state index is -0.553. The summed E-state index contributed by atoms with van der Waals surface area (Å²) in [6, 6.07) is 11.9. The first-order chi connectivity index (χ1) is 13.5. The van der Waals surface area contributed by atoms with Crippen molar-refractivity contribution in [2.24, 2.45) is 0 Å². The van der Waals surface area contributed by atoms with Crippen molar-refractivity contribution >= 4 is 23.4 Å². The molecule has 1 saturated heterocycles. The number of amides is 2. The minimum absolute atomic E-state index is 0.158. The maximum Gasteiger partial charge on any atom is 0.275 e. The van der Waals surface area contributed by atoms with Crippen LogP contribution < -0.4 is 5.32 Å². The van der Waals surface area contributed by atoms with Crippen molar-refractivity contribution in [3.8, 4) is 17.1 Å². The first kappa shape index (κ1) is 18.3. The van der Waals surface area contributed by atoms with Gasteiger partial charge in [0.05, 0.1) is 12.0 Å². The van der Waals surface area contributed by atoms with Crippen LogP contribution in [0.25, 0.3) is 17.1 Å². The van der Waals surface area contributed by atoms with Gasteiger partial charge in [0.15, 0.2) is 11.5 Å². The number of nitrogens with one attached hydrogen (secondary N) is 1. The predicted molar refractivity (Wildman–Crippen MR) is 104 cm³/mol. The SMILES string of the molecule is CC1C(=O)NCCCN1C(=O)c1cc(-c2ccco2)n(-c2ccc(Cl)cc2)n1. The second-order valence-corrected chi connectivity index (χ2v) is 7.04. The topological polar surface area (TPSA) is 80.4 Å². The third-order valence-electron chi connectivity index (χ3n) is 4.76. The maximum absolute atomic E-state index is 13.1. The molecule has 3 aromatic rings. The van der Waals surface area contributed by atoms with Gasteiger partial charge in [-0.15, -0.1) is 0 Å². The second-order valence-electron chi connectivity index (χ2n) is 6.60. The van der Waals surface area contributed by atoms with Crippen LogP contribution in [0.3, 0.4) is 0 Å². The van der Waals surface area contributed by atoms with Crippen LogP contribution in [0.4, 0.5) is 0 Å². The highest BCUT2D eigenvalue weighted by atomic mass is 35.5. The molecule has 0 radical (unpaired) electrons. The number of furan rings is 1. The monoisotopic (exact) mass is 398 g/mol. The lowest BCUT2D eigenvalue weighted by atomic mass is 10.2. The molecule has 2 amide bonds. The molecule has 4 rings (SSSR count). The molecule has 0 bridgehead atoms. The van der Waals surface area contributed by atoms with E-state index < -0.39 is 6.04 Å². The van der Waals surface area contributed by atoms with Crippen molar-refractivity contribution in [1.29, 1.82) is 0 Å². The van der Waals surface area contributed by atoms with Crippen LogP contribution in [0.1, 0.15) is 23.8 Å². The molecule has 144 valence electrons. The first-order valence-corrected chi connectivity index (χ1v) is 9.41. The van der Waals surface area contributed by atoms with Crippen LogP contribution in [-0.4, -0.2) is 45.6 Å². The zero-order chi connectivity index (χ0) is 19.7. The molecule has 0 aliphatic carbocycles. The number of carbonyl (C=O) groups is 2. The lowest BCUT2D eigenvalue weighted by Gasteiger charge is -2.24. The van der Waals surface area contributed by atoms with Gasteiger partial charge < -0.3 is 14.6 Å². The summed E-state index contributed by atoms with van der Waals surface area (Å²) < 4.78 is 7.17. The van der Waals surface area contributed by atoms with Crippen molar-refractivity contribution in [2.45, 2.75) is 19.4 Å². The number of halogens is 1. The van der Waals surface area contributed by atoms with Crippen LogP contribution >= 0.6 is 11.6 Å². The molecule has 0 saturated carbocycles. The Morgan fingerprint density at radius 2 is 2.07 bits per heavy atom. The summed E-state index contributed by atoms with van der Waals surface area (Å²) in [4.78, 5) is 26.8. The van der Waals surface area contributed by atoms with E-state index in [1.54, 1.807) is 53.1 Å². The Kier molecular flexibility index (Phi) is 4.92. The molecule has 1 aliphatic heterocycles. The molecule has 3 heterocycles. The standard InChI is InChI=1S/C20H19ClN4O3/c1-13-19(26)22-9-3-10-24(13)20(27)16-12-17(18-4-2-11-28-18)25(23-16)15-7-5-14(21)6-8-15/h2,4-8,11-13H,3,9-10H2,1H3,(H,22,26). The third kappa shape index (κ3) is 3.41. The van der Waals surface area contributed by atoms with Crippen molar-refractivity contribution < 1.29 is 14.0 Å². The van der Waals surface area contributed by atoms with Crippen molar-refractivity contribution in [3.63, 3.8) is 0 Å². The Bertz CT molecular complexity index is 995. The molecule has 1 N–H and O–H groups in total. The smallest absolute Gasteiger partial charge is 0.275 e. The summed E-state index contributed by atoms with van der Waals surface area (Å²) in [7, 11) is 0. The van der Waals surface area contributed by atoms with Gasteiger partial charge in [-0.2, -0.15) is 5.10 Å². The van der Waals surface area contributed by atoms with Gasteiger partial charge in [0.2, 0.25) is 5.91 Å². The fourth-order valence-corrected chi connectivity index (χ4v) is 3.36. The molecule has 1 atom stereocenters. The first-order valence-electron chi connectivity index (χ1n) is 9.03. The molecular formula is C20H19ClN4O3. The maximum atomic E-state index is 13.1. The van der Waals surface area contributed by atoms with E-state index in [0.717, 1.165) is 5.69 Å². The van der Waals surface area contributed by atoms with Crippen molar-refractivity contribution in [3.05, 3.63) is 59.4 Å². The Hall–Kier alpha value is -3.06. The summed E-state index contributed by atoms with van der Waals surface area (Å²) in [6.07, 6.45) is 2.27. The average molecular weight is 399 g/mol. The predicted octanol–water partition coefficient (Wildman–Crippen LogP) is 3.14. The summed E-state index contributed by atoms with van der Waals surface area (Å²) >= 11 is 5.99. The van der Waals surface area contributed by atoms with Crippen molar-refractivity contribution in [2.75, 3.05) is 13.1 Å². The fraction of sp³-hybridized carbons (Fsp3) is 0.250. The Labute approximate surface area is 166 Å². The Balaban J connectivity index is 1.76. The molecule has 28 heavy (non-hydrogen) atoms. The molecule has 1 aromatic carbocycles. The van der Waals surface area contributed by atoms with E-state index in [1.165, 1.54) is 0 Å². The zero-order valence-corrected chi connectivity index (χ0v) is 16.0. The molecule has 1 fully saturated rings. The van der Waals surface area contributed by atoms with Gasteiger partial charge in [-0.3, -0.25) is 9.59 Å². The molecule has 7 nitrogen and oxygen atoms in total. The normalized spacial score (nSPS) is 17.3. The highest BCUT2D eigenvalue weighted by Crippen LogP contribution is 2.26. The Morgan fingerprint density at radius 3 is 2.79 bits per heavy atom. The highest BCUT2D eigenvalue weighted by Gasteiger charge is 2.30. The number of hydrogen-bond acceptors (Lipinski definition) is 4. The average Bonchev–Trinajstić information content (AvgIpc) is 3.34. The van der Waals surface area contributed by atoms with Gasteiger partial charge in [0.1, 0.15) is 11.7 Å². The fourth-order valence-electron chi connectivity index (χ4n) is 3.23. The number of nitrogens with zero attached hydrogens (tertiary/aromatic N) is 3. The minimum Gasteiger partial charge on any atom is -0.463 e. The number of aromatic nitrogens is 2. The lowest BCUT2D eigenvalue weighted by molar-refractivity contribution is -0.124. The van der Waals surface area contributed by atoms with E-state index in [9.17, 15) is 9.59 Å². The van der Waals surface area contributed by atoms with E-state index in [-0.39, 0.29) is 17.5 Å². The lowest BCUT2D eigenvalue weighted by Crippen LogP contribution is -2.45. The summed E-state index contributed by atoms with van der Waals surface area (Å²) in [5, 5.41) is 7.94. The number of hydrogen-bond donors (Lipinski definition) is 1. The van der Waals surface area contributed by atoms with Crippen molar-refractivity contribution in [1.82, 2.24) is 20.0 Å². The molecule has 2 aromatic heterocycles. The van der Waals surface area contributed by atoms with E-state index in [0.29, 0.717) is 36.0 Å². The third-order valence-corrected chi connectivity index (χ3v) is 5.01. The van der Waals surface area contributed by atoms with E-state index in [1.807, 2.05) is 12.1 Å². The van der Waals surface area contributed by atoms with E-state index >= 15 is 0 Å². The van der Waals surface area contributed by atoms with Crippen LogP contribution in [-0.2, 0) is 4.79 Å². The quantitative estimate of drug-likeness (QED) is 0.735.